The van der Waals surface area contributed by atoms with Crippen molar-refractivity contribution in [3.63, 3.8) is 0 Å². The van der Waals surface area contributed by atoms with E-state index in [1.165, 1.54) is 29.2 Å². The summed E-state index contributed by atoms with van der Waals surface area (Å²) in [6.07, 6.45) is 3.16. The standard InChI is InChI=1S/C29H28Br2N2O8S/c1-5-38-21-9-8-17(13-22(21)39-6-2)25-18(28(36)37-4)14-32-29-33(25)27(35)23(42-29)12-16-10-19(30)26(20(31)11-16)41-15-24(34)40-7-3/h8-14,25H,5-7,15H2,1-4H3/b23-12-/t25-/m0/s1. The zero-order valence-corrected chi connectivity index (χ0v) is 27.3. The molecule has 2 heterocycles. The van der Waals surface area contributed by atoms with Gasteiger partial charge in [0.1, 0.15) is 5.75 Å². The number of ether oxygens (including phenoxy) is 5. The van der Waals surface area contributed by atoms with Gasteiger partial charge in [0, 0.05) is 6.20 Å². The summed E-state index contributed by atoms with van der Waals surface area (Å²) < 4.78 is 30.1. The minimum atomic E-state index is -0.803. The molecule has 1 atom stereocenters. The van der Waals surface area contributed by atoms with Crippen LogP contribution in [0.2, 0.25) is 0 Å². The van der Waals surface area contributed by atoms with Crippen molar-refractivity contribution >= 4 is 61.2 Å². The van der Waals surface area contributed by atoms with Gasteiger partial charge >= 0.3 is 11.9 Å². The molecular formula is C29H28Br2N2O8S. The van der Waals surface area contributed by atoms with Crippen molar-refractivity contribution < 1.29 is 33.3 Å². The van der Waals surface area contributed by atoms with Crippen LogP contribution in [0.5, 0.6) is 17.2 Å². The topological polar surface area (TPSA) is 115 Å². The largest absolute Gasteiger partial charge is 0.490 e. The van der Waals surface area contributed by atoms with Gasteiger partial charge in [-0.2, -0.15) is 0 Å². The fraction of sp³-hybridized carbons (Fsp3) is 0.310. The molecule has 0 N–H and O–H groups in total. The van der Waals surface area contributed by atoms with Crippen LogP contribution in [0.15, 0.2) is 60.8 Å². The average molecular weight is 724 g/mol. The van der Waals surface area contributed by atoms with Gasteiger partial charge in [0.2, 0.25) is 0 Å². The Hall–Kier alpha value is -3.42. The Morgan fingerprint density at radius 1 is 1.00 bits per heavy atom. The predicted molar refractivity (Wildman–Crippen MR) is 164 cm³/mol. The number of aromatic nitrogens is 1. The first kappa shape index (κ1) is 31.5. The van der Waals surface area contributed by atoms with E-state index in [4.69, 9.17) is 23.7 Å². The minimum absolute atomic E-state index is 0.205. The van der Waals surface area contributed by atoms with Crippen LogP contribution in [0, 0.1) is 0 Å². The fourth-order valence-corrected chi connectivity index (χ4v) is 6.69. The number of hydrogen-bond donors (Lipinski definition) is 0. The number of nitrogens with zero attached hydrogens (tertiary/aromatic N) is 2. The summed E-state index contributed by atoms with van der Waals surface area (Å²) in [6.45, 7) is 6.33. The first-order valence-electron chi connectivity index (χ1n) is 13.0. The summed E-state index contributed by atoms with van der Waals surface area (Å²) in [5.74, 6) is 0.398. The molecule has 0 fully saturated rings. The monoisotopic (exact) mass is 722 g/mol. The lowest BCUT2D eigenvalue weighted by Gasteiger charge is -2.23. The van der Waals surface area contributed by atoms with Crippen LogP contribution >= 0.6 is 43.2 Å². The highest BCUT2D eigenvalue weighted by Crippen LogP contribution is 2.36. The second kappa shape index (κ2) is 14.2. The van der Waals surface area contributed by atoms with Crippen LogP contribution in [0.1, 0.15) is 37.9 Å². The lowest BCUT2D eigenvalue weighted by atomic mass is 9.97. The van der Waals surface area contributed by atoms with Gasteiger partial charge in [-0.1, -0.05) is 17.4 Å². The zero-order valence-electron chi connectivity index (χ0n) is 23.3. The second-order valence-electron chi connectivity index (χ2n) is 8.66. The van der Waals surface area contributed by atoms with Gasteiger partial charge in [-0.3, -0.25) is 9.36 Å². The molecule has 0 unspecified atom stereocenters. The molecule has 0 bridgehead atoms. The lowest BCUT2D eigenvalue weighted by Crippen LogP contribution is -2.39. The van der Waals surface area contributed by atoms with Crippen molar-refractivity contribution in [3.05, 3.63) is 81.9 Å². The van der Waals surface area contributed by atoms with E-state index >= 15 is 0 Å². The molecule has 222 valence electrons. The van der Waals surface area contributed by atoms with Gasteiger partial charge in [0.15, 0.2) is 22.9 Å². The van der Waals surface area contributed by atoms with Gasteiger partial charge in [-0.15, -0.1) is 0 Å². The van der Waals surface area contributed by atoms with E-state index in [9.17, 15) is 14.4 Å². The number of halogens is 2. The van der Waals surface area contributed by atoms with E-state index in [1.54, 1.807) is 43.3 Å². The highest BCUT2D eigenvalue weighted by molar-refractivity contribution is 9.11. The quantitative estimate of drug-likeness (QED) is 0.270. The van der Waals surface area contributed by atoms with Crippen molar-refractivity contribution in [3.8, 4) is 17.2 Å². The Morgan fingerprint density at radius 3 is 2.33 bits per heavy atom. The Labute approximate surface area is 262 Å². The molecule has 42 heavy (non-hydrogen) atoms. The van der Waals surface area contributed by atoms with Gasteiger partial charge in [0.25, 0.3) is 5.56 Å². The normalized spacial score (nSPS) is 14.4. The van der Waals surface area contributed by atoms with E-state index in [2.05, 4.69) is 36.9 Å². The number of esters is 2. The van der Waals surface area contributed by atoms with Crippen molar-refractivity contribution in [1.82, 2.24) is 4.57 Å². The summed E-state index contributed by atoms with van der Waals surface area (Å²) >= 11 is 8.14. The van der Waals surface area contributed by atoms with Crippen LogP contribution in [-0.2, 0) is 19.1 Å². The molecule has 1 aromatic heterocycles. The molecule has 0 saturated carbocycles. The number of fused-ring (bicyclic) bond motifs is 1. The molecular weight excluding hydrogens is 696 g/mol. The Balaban J connectivity index is 1.79. The minimum Gasteiger partial charge on any atom is -0.490 e. The number of rotatable bonds is 11. The van der Waals surface area contributed by atoms with E-state index < -0.39 is 18.0 Å². The second-order valence-corrected chi connectivity index (χ2v) is 11.4. The van der Waals surface area contributed by atoms with Crippen LogP contribution in [0.4, 0.5) is 0 Å². The van der Waals surface area contributed by atoms with Crippen molar-refractivity contribution in [2.24, 2.45) is 4.99 Å². The average Bonchev–Trinajstić information content (AvgIpc) is 3.27. The SMILES string of the molecule is CCOC(=O)COc1c(Br)cc(/C=c2\sc3n(c2=O)[C@@H](c2ccc(OCC)c(OCC)c2)C(C(=O)OC)=CN=3)cc1Br. The lowest BCUT2D eigenvalue weighted by molar-refractivity contribution is -0.145. The van der Waals surface area contributed by atoms with Gasteiger partial charge in [-0.25, -0.2) is 14.6 Å². The molecule has 0 amide bonds. The van der Waals surface area contributed by atoms with Crippen LogP contribution in [0.3, 0.4) is 0 Å². The van der Waals surface area contributed by atoms with Crippen LogP contribution < -0.4 is 29.1 Å². The fourth-order valence-electron chi connectivity index (χ4n) is 4.27. The number of carbonyl (C=O) groups excluding carboxylic acids is 2. The van der Waals surface area contributed by atoms with E-state index in [-0.39, 0.29) is 24.3 Å². The molecule has 10 nitrogen and oxygen atoms in total. The third-order valence-electron chi connectivity index (χ3n) is 5.97. The predicted octanol–water partition coefficient (Wildman–Crippen LogP) is 4.28. The van der Waals surface area contributed by atoms with E-state index in [0.29, 0.717) is 59.9 Å². The van der Waals surface area contributed by atoms with Gasteiger partial charge in [-0.05, 0) is 94.1 Å². The molecule has 2 aromatic carbocycles. The number of thiazole rings is 1. The molecule has 0 spiro atoms. The molecule has 1 aliphatic rings. The maximum absolute atomic E-state index is 13.9. The van der Waals surface area contributed by atoms with Crippen molar-refractivity contribution in [2.45, 2.75) is 26.8 Å². The molecule has 3 aromatic rings. The molecule has 0 aliphatic carbocycles. The van der Waals surface area contributed by atoms with E-state index in [1.807, 2.05) is 13.8 Å². The Kier molecular flexibility index (Phi) is 10.6. The first-order valence-corrected chi connectivity index (χ1v) is 15.4. The molecule has 0 saturated heterocycles. The number of carbonyl (C=O) groups is 2. The summed E-state index contributed by atoms with van der Waals surface area (Å²) in [6, 6.07) is 8.05. The summed E-state index contributed by atoms with van der Waals surface area (Å²) in [5, 5.41) is 0. The third-order valence-corrected chi connectivity index (χ3v) is 8.14. The van der Waals surface area contributed by atoms with Crippen molar-refractivity contribution in [1.29, 1.82) is 0 Å². The van der Waals surface area contributed by atoms with Crippen LogP contribution in [-0.4, -0.2) is 50.0 Å². The first-order chi connectivity index (χ1) is 20.2. The Morgan fingerprint density at radius 2 is 1.69 bits per heavy atom. The maximum atomic E-state index is 13.9. The smallest absolute Gasteiger partial charge is 0.344 e. The molecule has 13 heteroatoms. The summed E-state index contributed by atoms with van der Waals surface area (Å²) in [5.41, 5.74) is 1.19. The van der Waals surface area contributed by atoms with Crippen LogP contribution in [0.25, 0.3) is 6.08 Å². The van der Waals surface area contributed by atoms with Crippen molar-refractivity contribution in [2.75, 3.05) is 33.5 Å². The Bertz CT molecular complexity index is 1690. The highest BCUT2D eigenvalue weighted by atomic mass is 79.9. The van der Waals surface area contributed by atoms with Gasteiger partial charge in [0.05, 0.1) is 52.0 Å². The molecule has 1 aliphatic heterocycles. The highest BCUT2D eigenvalue weighted by Gasteiger charge is 2.31. The summed E-state index contributed by atoms with van der Waals surface area (Å²) in [7, 11) is 1.28. The van der Waals surface area contributed by atoms with E-state index in [0.717, 1.165) is 0 Å². The van der Waals surface area contributed by atoms with Gasteiger partial charge < -0.3 is 23.7 Å². The number of hydrogen-bond acceptors (Lipinski definition) is 10. The summed E-state index contributed by atoms with van der Waals surface area (Å²) in [4.78, 5) is 43.2. The number of benzene rings is 2. The number of methoxy groups -OCH3 is 1. The molecule has 4 rings (SSSR count). The maximum Gasteiger partial charge on any atom is 0.344 e. The molecule has 0 radical (unpaired) electrons. The zero-order chi connectivity index (χ0) is 30.4. The third kappa shape index (κ3) is 6.79.